The molecule has 1 fully saturated rings. The van der Waals surface area contributed by atoms with Crippen LogP contribution in [0.3, 0.4) is 0 Å². The second-order valence-corrected chi connectivity index (χ2v) is 6.06. The first-order valence-electron chi connectivity index (χ1n) is 6.93. The van der Waals surface area contributed by atoms with Crippen molar-refractivity contribution in [3.8, 4) is 0 Å². The smallest absolute Gasteiger partial charge is 0.245 e. The van der Waals surface area contributed by atoms with Gasteiger partial charge < -0.3 is 15.5 Å². The predicted molar refractivity (Wildman–Crippen MR) is 98.3 cm³/mol. The van der Waals surface area contributed by atoms with Crippen LogP contribution in [-0.2, 0) is 9.59 Å². The Hall–Kier alpha value is -0.890. The lowest BCUT2D eigenvalue weighted by Gasteiger charge is -2.26. The molecule has 1 saturated heterocycles. The van der Waals surface area contributed by atoms with E-state index in [0.29, 0.717) is 12.4 Å². The van der Waals surface area contributed by atoms with Crippen LogP contribution in [0.2, 0.25) is 0 Å². The minimum atomic E-state index is -0.246. The SMILES string of the molecule is CN(CC(=O)Nc1ccc(Br)cn1)C(=O)C1CCCNC1.Cl.Cl. The van der Waals surface area contributed by atoms with Crippen LogP contribution >= 0.6 is 40.7 Å². The Balaban J connectivity index is 0.00000242. The van der Waals surface area contributed by atoms with E-state index in [4.69, 9.17) is 0 Å². The van der Waals surface area contributed by atoms with E-state index in [9.17, 15) is 9.59 Å². The third-order valence-corrected chi connectivity index (χ3v) is 3.87. The van der Waals surface area contributed by atoms with Gasteiger partial charge in [0.05, 0.1) is 12.5 Å². The molecule has 130 valence electrons. The fourth-order valence-corrected chi connectivity index (χ4v) is 2.53. The van der Waals surface area contributed by atoms with Gasteiger partial charge in [0.25, 0.3) is 0 Å². The van der Waals surface area contributed by atoms with Crippen LogP contribution in [0.1, 0.15) is 12.8 Å². The lowest BCUT2D eigenvalue weighted by atomic mass is 9.98. The Morgan fingerprint density at radius 3 is 2.74 bits per heavy atom. The van der Waals surface area contributed by atoms with Crippen molar-refractivity contribution in [1.29, 1.82) is 0 Å². The molecule has 23 heavy (non-hydrogen) atoms. The van der Waals surface area contributed by atoms with Gasteiger partial charge in [0.2, 0.25) is 11.8 Å². The van der Waals surface area contributed by atoms with Gasteiger partial charge >= 0.3 is 0 Å². The summed E-state index contributed by atoms with van der Waals surface area (Å²) in [5.74, 6) is 0.219. The zero-order valence-corrected chi connectivity index (χ0v) is 16.0. The number of rotatable bonds is 4. The van der Waals surface area contributed by atoms with Gasteiger partial charge in [-0.1, -0.05) is 0 Å². The summed E-state index contributed by atoms with van der Waals surface area (Å²) in [7, 11) is 1.66. The summed E-state index contributed by atoms with van der Waals surface area (Å²) in [5.41, 5.74) is 0. The molecule has 2 heterocycles. The normalized spacial score (nSPS) is 16.5. The summed E-state index contributed by atoms with van der Waals surface area (Å²) in [6.45, 7) is 1.69. The Morgan fingerprint density at radius 2 is 2.17 bits per heavy atom. The fourth-order valence-electron chi connectivity index (χ4n) is 2.30. The van der Waals surface area contributed by atoms with E-state index in [1.165, 1.54) is 4.90 Å². The topological polar surface area (TPSA) is 74.3 Å². The van der Waals surface area contributed by atoms with Crippen LogP contribution in [0.25, 0.3) is 0 Å². The molecule has 1 aliphatic heterocycles. The molecule has 2 amide bonds. The molecular formula is C14H21BrCl2N4O2. The molecule has 2 rings (SSSR count). The van der Waals surface area contributed by atoms with Crippen molar-refractivity contribution in [2.75, 3.05) is 32.0 Å². The van der Waals surface area contributed by atoms with Crippen molar-refractivity contribution in [1.82, 2.24) is 15.2 Å². The van der Waals surface area contributed by atoms with Crippen molar-refractivity contribution < 1.29 is 9.59 Å². The van der Waals surface area contributed by atoms with Crippen LogP contribution in [0.5, 0.6) is 0 Å². The van der Waals surface area contributed by atoms with Gasteiger partial charge in [-0.3, -0.25) is 9.59 Å². The fraction of sp³-hybridized carbons (Fsp3) is 0.500. The summed E-state index contributed by atoms with van der Waals surface area (Å²) in [4.78, 5) is 29.7. The van der Waals surface area contributed by atoms with Gasteiger partial charge in [0.15, 0.2) is 0 Å². The summed E-state index contributed by atoms with van der Waals surface area (Å²) in [6, 6.07) is 3.50. The highest BCUT2D eigenvalue weighted by atomic mass is 79.9. The van der Waals surface area contributed by atoms with E-state index in [1.54, 1.807) is 25.4 Å². The summed E-state index contributed by atoms with van der Waals surface area (Å²) < 4.78 is 0.845. The molecule has 1 aromatic rings. The second kappa shape index (κ2) is 10.8. The quantitative estimate of drug-likeness (QED) is 0.771. The molecule has 0 saturated carbocycles. The molecular weight excluding hydrogens is 407 g/mol. The third-order valence-electron chi connectivity index (χ3n) is 3.40. The number of carbonyl (C=O) groups is 2. The molecule has 2 N–H and O–H groups in total. The first-order valence-corrected chi connectivity index (χ1v) is 7.72. The first kappa shape index (κ1) is 22.1. The average Bonchev–Trinajstić information content (AvgIpc) is 2.49. The number of aromatic nitrogens is 1. The van der Waals surface area contributed by atoms with Crippen LogP contribution in [0, 0.1) is 5.92 Å². The van der Waals surface area contributed by atoms with Gasteiger partial charge in [-0.2, -0.15) is 0 Å². The van der Waals surface area contributed by atoms with E-state index < -0.39 is 0 Å². The Kier molecular flexibility index (Phi) is 10.4. The Bertz CT molecular complexity index is 510. The number of hydrogen-bond donors (Lipinski definition) is 2. The Labute approximate surface area is 156 Å². The largest absolute Gasteiger partial charge is 0.336 e. The number of hydrogen-bond acceptors (Lipinski definition) is 4. The number of nitrogens with one attached hydrogen (secondary N) is 2. The van der Waals surface area contributed by atoms with Crippen molar-refractivity contribution in [2.24, 2.45) is 5.92 Å². The maximum absolute atomic E-state index is 12.2. The molecule has 9 heteroatoms. The van der Waals surface area contributed by atoms with Crippen molar-refractivity contribution in [3.05, 3.63) is 22.8 Å². The van der Waals surface area contributed by atoms with Gasteiger partial charge in [-0.05, 0) is 47.4 Å². The molecule has 6 nitrogen and oxygen atoms in total. The van der Waals surface area contributed by atoms with E-state index in [0.717, 1.165) is 23.9 Å². The van der Waals surface area contributed by atoms with Crippen LogP contribution in [-0.4, -0.2) is 48.4 Å². The van der Waals surface area contributed by atoms with E-state index >= 15 is 0 Å². The number of pyridine rings is 1. The molecule has 1 aliphatic rings. The third kappa shape index (κ3) is 7.03. The number of nitrogens with zero attached hydrogens (tertiary/aromatic N) is 2. The van der Waals surface area contributed by atoms with Crippen LogP contribution < -0.4 is 10.6 Å². The van der Waals surface area contributed by atoms with Crippen molar-refractivity contribution in [3.63, 3.8) is 0 Å². The monoisotopic (exact) mass is 426 g/mol. The summed E-state index contributed by atoms with van der Waals surface area (Å²) in [5, 5.41) is 5.88. The highest BCUT2D eigenvalue weighted by Gasteiger charge is 2.24. The van der Waals surface area contributed by atoms with E-state index in [-0.39, 0.29) is 49.1 Å². The number of halogens is 3. The molecule has 0 aromatic carbocycles. The average molecular weight is 428 g/mol. The van der Waals surface area contributed by atoms with Gasteiger partial charge in [-0.25, -0.2) is 4.98 Å². The summed E-state index contributed by atoms with van der Waals surface area (Å²) >= 11 is 3.28. The Morgan fingerprint density at radius 1 is 1.43 bits per heavy atom. The molecule has 0 radical (unpaired) electrons. The zero-order chi connectivity index (χ0) is 15.2. The molecule has 1 aromatic heterocycles. The number of piperidine rings is 1. The molecule has 0 bridgehead atoms. The van der Waals surface area contributed by atoms with E-state index in [1.807, 2.05) is 0 Å². The minimum Gasteiger partial charge on any atom is -0.336 e. The van der Waals surface area contributed by atoms with Crippen molar-refractivity contribution in [2.45, 2.75) is 12.8 Å². The lowest BCUT2D eigenvalue weighted by Crippen LogP contribution is -2.43. The number of likely N-dealkylation sites (N-methyl/N-ethyl adjacent to an activating group) is 1. The molecule has 0 spiro atoms. The number of anilines is 1. The van der Waals surface area contributed by atoms with Gasteiger partial charge in [0, 0.05) is 24.3 Å². The summed E-state index contributed by atoms with van der Waals surface area (Å²) in [6.07, 6.45) is 3.49. The minimum absolute atomic E-state index is 0. The van der Waals surface area contributed by atoms with Crippen LogP contribution in [0.15, 0.2) is 22.8 Å². The second-order valence-electron chi connectivity index (χ2n) is 5.15. The zero-order valence-electron chi connectivity index (χ0n) is 12.8. The molecule has 1 unspecified atom stereocenters. The van der Waals surface area contributed by atoms with Gasteiger partial charge in [0.1, 0.15) is 5.82 Å². The van der Waals surface area contributed by atoms with E-state index in [2.05, 4.69) is 31.5 Å². The van der Waals surface area contributed by atoms with Crippen LogP contribution in [0.4, 0.5) is 5.82 Å². The first-order chi connectivity index (χ1) is 10.1. The highest BCUT2D eigenvalue weighted by Crippen LogP contribution is 2.13. The molecule has 0 aliphatic carbocycles. The number of amides is 2. The maximum atomic E-state index is 12.2. The lowest BCUT2D eigenvalue weighted by molar-refractivity contribution is -0.137. The predicted octanol–water partition coefficient (Wildman–Crippen LogP) is 2.08. The van der Waals surface area contributed by atoms with Gasteiger partial charge in [-0.15, -0.1) is 24.8 Å². The van der Waals surface area contributed by atoms with Crippen molar-refractivity contribution >= 4 is 58.4 Å². The molecule has 1 atom stereocenters. The highest BCUT2D eigenvalue weighted by molar-refractivity contribution is 9.10. The number of carbonyl (C=O) groups excluding carboxylic acids is 2. The standard InChI is InChI=1S/C14H19BrN4O2.2ClH/c1-19(14(21)10-3-2-6-16-7-10)9-13(20)18-12-5-4-11(15)8-17-12;;/h4-5,8,10,16H,2-3,6-7,9H2,1H3,(H,17,18,20);2*1H. The maximum Gasteiger partial charge on any atom is 0.245 e.